The van der Waals surface area contributed by atoms with Crippen molar-refractivity contribution in [1.29, 1.82) is 5.26 Å². The van der Waals surface area contributed by atoms with Gasteiger partial charge in [-0.05, 0) is 6.92 Å². The smallest absolute Gasteiger partial charge is 0.356 e. The molecule has 1 rings (SSSR count). The van der Waals surface area contributed by atoms with Gasteiger partial charge < -0.3 is 4.74 Å². The van der Waals surface area contributed by atoms with E-state index in [1.807, 2.05) is 0 Å². The van der Waals surface area contributed by atoms with E-state index < -0.39 is 11.5 Å². The topological polar surface area (TPSA) is 87.9 Å². The van der Waals surface area contributed by atoms with Crippen molar-refractivity contribution in [1.82, 2.24) is 9.78 Å². The zero-order valence-corrected chi connectivity index (χ0v) is 7.61. The molecule has 74 valence electrons. The number of carbonyl (C=O) groups is 1. The number of rotatable bonds is 3. The Balaban J connectivity index is 2.92. The summed E-state index contributed by atoms with van der Waals surface area (Å²) in [5.74, 6) is -0.596. The SMILES string of the molecule is CCOC(=O)c1cc(=O)n(CC#N)[nH]1. The van der Waals surface area contributed by atoms with Gasteiger partial charge in [0.15, 0.2) is 0 Å². The molecular formula is C8H9N3O3. The van der Waals surface area contributed by atoms with Crippen molar-refractivity contribution >= 4 is 5.97 Å². The minimum Gasteiger partial charge on any atom is -0.461 e. The predicted molar refractivity (Wildman–Crippen MR) is 46.6 cm³/mol. The van der Waals surface area contributed by atoms with Crippen LogP contribution in [0.3, 0.4) is 0 Å². The maximum atomic E-state index is 11.1. The monoisotopic (exact) mass is 195 g/mol. The normalized spacial score (nSPS) is 9.43. The van der Waals surface area contributed by atoms with Gasteiger partial charge in [0.1, 0.15) is 12.2 Å². The van der Waals surface area contributed by atoms with Crippen LogP contribution in [0, 0.1) is 11.3 Å². The number of ether oxygens (including phenoxy) is 1. The summed E-state index contributed by atoms with van der Waals surface area (Å²) in [6, 6.07) is 2.90. The summed E-state index contributed by atoms with van der Waals surface area (Å²) in [7, 11) is 0. The molecule has 6 heteroatoms. The van der Waals surface area contributed by atoms with Crippen LogP contribution in [0.2, 0.25) is 0 Å². The molecule has 0 radical (unpaired) electrons. The molecule has 0 atom stereocenters. The van der Waals surface area contributed by atoms with E-state index in [1.165, 1.54) is 0 Å². The lowest BCUT2D eigenvalue weighted by atomic mass is 10.4. The second-order valence-electron chi connectivity index (χ2n) is 2.47. The molecule has 0 saturated heterocycles. The Morgan fingerprint density at radius 1 is 1.79 bits per heavy atom. The first kappa shape index (κ1) is 10.1. The summed E-state index contributed by atoms with van der Waals surface area (Å²) >= 11 is 0. The van der Waals surface area contributed by atoms with Crippen LogP contribution in [0.5, 0.6) is 0 Å². The molecule has 0 aliphatic carbocycles. The highest BCUT2D eigenvalue weighted by atomic mass is 16.5. The van der Waals surface area contributed by atoms with Crippen LogP contribution in [0.4, 0.5) is 0 Å². The fourth-order valence-electron chi connectivity index (χ4n) is 0.936. The molecule has 0 bridgehead atoms. The van der Waals surface area contributed by atoms with Crippen molar-refractivity contribution in [2.24, 2.45) is 0 Å². The Hall–Kier alpha value is -2.03. The number of esters is 1. The number of hydrogen-bond acceptors (Lipinski definition) is 4. The van der Waals surface area contributed by atoms with Gasteiger partial charge in [-0.15, -0.1) is 0 Å². The van der Waals surface area contributed by atoms with Crippen LogP contribution < -0.4 is 5.56 Å². The van der Waals surface area contributed by atoms with E-state index in [0.29, 0.717) is 0 Å². The average molecular weight is 195 g/mol. The molecule has 0 saturated carbocycles. The summed E-state index contributed by atoms with van der Waals surface area (Å²) in [6.07, 6.45) is 0. The van der Waals surface area contributed by atoms with E-state index in [-0.39, 0.29) is 18.8 Å². The number of H-pyrrole nitrogens is 1. The highest BCUT2D eigenvalue weighted by Crippen LogP contribution is 1.93. The lowest BCUT2D eigenvalue weighted by molar-refractivity contribution is 0.0518. The molecule has 0 spiro atoms. The van der Waals surface area contributed by atoms with E-state index in [0.717, 1.165) is 10.7 Å². The molecule has 1 aromatic rings. The number of aromatic nitrogens is 2. The maximum Gasteiger partial charge on any atom is 0.356 e. The second-order valence-corrected chi connectivity index (χ2v) is 2.47. The number of carbonyl (C=O) groups excluding carboxylic acids is 1. The molecule has 0 amide bonds. The van der Waals surface area contributed by atoms with Crippen LogP contribution in [-0.4, -0.2) is 22.4 Å². The molecule has 0 aromatic carbocycles. The number of nitrogens with one attached hydrogen (secondary N) is 1. The predicted octanol–water partition coefficient (Wildman–Crippen LogP) is -0.123. The Morgan fingerprint density at radius 3 is 3.07 bits per heavy atom. The molecule has 1 aromatic heterocycles. The molecule has 0 fully saturated rings. The van der Waals surface area contributed by atoms with E-state index in [4.69, 9.17) is 5.26 Å². The summed E-state index contributed by atoms with van der Waals surface area (Å²) in [5.41, 5.74) is -0.360. The van der Waals surface area contributed by atoms with Crippen molar-refractivity contribution < 1.29 is 9.53 Å². The van der Waals surface area contributed by atoms with Gasteiger partial charge in [-0.1, -0.05) is 0 Å². The highest BCUT2D eigenvalue weighted by Gasteiger charge is 2.11. The van der Waals surface area contributed by atoms with Gasteiger partial charge in [-0.3, -0.25) is 9.89 Å². The summed E-state index contributed by atoms with van der Waals surface area (Å²) in [5, 5.41) is 10.8. The number of aromatic amines is 1. The standard InChI is InChI=1S/C8H9N3O3/c1-2-14-8(13)6-5-7(12)11(10-6)4-3-9/h5,10H,2,4H2,1H3. The van der Waals surface area contributed by atoms with Gasteiger partial charge in [0.2, 0.25) is 0 Å². The summed E-state index contributed by atoms with van der Waals surface area (Å²) in [6.45, 7) is 1.80. The zero-order valence-electron chi connectivity index (χ0n) is 7.61. The lowest BCUT2D eigenvalue weighted by Gasteiger charge is -1.97. The van der Waals surface area contributed by atoms with E-state index in [1.54, 1.807) is 13.0 Å². The van der Waals surface area contributed by atoms with E-state index in [9.17, 15) is 9.59 Å². The first-order valence-corrected chi connectivity index (χ1v) is 4.03. The molecule has 6 nitrogen and oxygen atoms in total. The van der Waals surface area contributed by atoms with Crippen LogP contribution >= 0.6 is 0 Å². The molecule has 0 aliphatic heterocycles. The van der Waals surface area contributed by atoms with Crippen LogP contribution in [0.25, 0.3) is 0 Å². The van der Waals surface area contributed by atoms with Gasteiger partial charge >= 0.3 is 5.97 Å². The molecular weight excluding hydrogens is 186 g/mol. The largest absolute Gasteiger partial charge is 0.461 e. The first-order chi connectivity index (χ1) is 6.69. The van der Waals surface area contributed by atoms with Crippen molar-refractivity contribution in [2.45, 2.75) is 13.5 Å². The van der Waals surface area contributed by atoms with Gasteiger partial charge in [-0.2, -0.15) is 5.26 Å². The quantitative estimate of drug-likeness (QED) is 0.681. The Morgan fingerprint density at radius 2 is 2.50 bits per heavy atom. The molecule has 1 heterocycles. The second kappa shape index (κ2) is 4.28. The van der Waals surface area contributed by atoms with Crippen LogP contribution in [-0.2, 0) is 11.3 Å². The minimum atomic E-state index is -0.596. The van der Waals surface area contributed by atoms with Gasteiger partial charge in [-0.25, -0.2) is 9.48 Å². The third-order valence-electron chi connectivity index (χ3n) is 1.51. The maximum absolute atomic E-state index is 11.1. The molecule has 1 N–H and O–H groups in total. The minimum absolute atomic E-state index is 0.0621. The van der Waals surface area contributed by atoms with E-state index >= 15 is 0 Å². The molecule has 14 heavy (non-hydrogen) atoms. The van der Waals surface area contributed by atoms with Crippen LogP contribution in [0.15, 0.2) is 10.9 Å². The molecule has 0 aliphatic rings. The Labute approximate surface area is 79.7 Å². The van der Waals surface area contributed by atoms with Crippen LogP contribution in [0.1, 0.15) is 17.4 Å². The number of hydrogen-bond donors (Lipinski definition) is 1. The Bertz CT molecular complexity index is 424. The number of nitriles is 1. The third-order valence-corrected chi connectivity index (χ3v) is 1.51. The summed E-state index contributed by atoms with van der Waals surface area (Å²) in [4.78, 5) is 22.2. The lowest BCUT2D eigenvalue weighted by Crippen LogP contribution is -2.14. The Kier molecular flexibility index (Phi) is 3.07. The van der Waals surface area contributed by atoms with Crippen molar-refractivity contribution in [3.05, 3.63) is 22.1 Å². The molecule has 0 unspecified atom stereocenters. The fourth-order valence-corrected chi connectivity index (χ4v) is 0.936. The average Bonchev–Trinajstić information content (AvgIpc) is 2.49. The highest BCUT2D eigenvalue weighted by molar-refractivity contribution is 5.86. The van der Waals surface area contributed by atoms with Crippen molar-refractivity contribution in [3.8, 4) is 6.07 Å². The third kappa shape index (κ3) is 2.01. The first-order valence-electron chi connectivity index (χ1n) is 4.03. The zero-order chi connectivity index (χ0) is 10.6. The van der Waals surface area contributed by atoms with Gasteiger partial charge in [0.05, 0.1) is 12.7 Å². The van der Waals surface area contributed by atoms with Crippen molar-refractivity contribution in [3.63, 3.8) is 0 Å². The van der Waals surface area contributed by atoms with Gasteiger partial charge in [0.25, 0.3) is 5.56 Å². The number of nitrogens with zero attached hydrogens (tertiary/aromatic N) is 2. The summed E-state index contributed by atoms with van der Waals surface area (Å²) < 4.78 is 5.70. The van der Waals surface area contributed by atoms with Gasteiger partial charge in [0, 0.05) is 6.07 Å². The van der Waals surface area contributed by atoms with E-state index in [2.05, 4.69) is 9.84 Å². The van der Waals surface area contributed by atoms with Crippen molar-refractivity contribution in [2.75, 3.05) is 6.61 Å². The fraction of sp³-hybridized carbons (Fsp3) is 0.375.